The summed E-state index contributed by atoms with van der Waals surface area (Å²) in [4.78, 5) is 33.3. The van der Waals surface area contributed by atoms with Crippen LogP contribution in [0, 0.1) is 5.92 Å². The Labute approximate surface area is 192 Å². The highest BCUT2D eigenvalue weighted by Crippen LogP contribution is 2.43. The van der Waals surface area contributed by atoms with Crippen LogP contribution in [0.1, 0.15) is 33.1 Å². The number of amides is 1. The van der Waals surface area contributed by atoms with Gasteiger partial charge in [0.15, 0.2) is 0 Å². The van der Waals surface area contributed by atoms with Gasteiger partial charge in [0, 0.05) is 6.54 Å². The van der Waals surface area contributed by atoms with Crippen LogP contribution >= 0.6 is 31.2 Å². The fraction of sp³-hybridized carbons (Fsp3) is 0.944. The molecular weight excluding hydrogens is 471 g/mol. The summed E-state index contributed by atoms with van der Waals surface area (Å²) >= 11 is 7.38. The van der Waals surface area contributed by atoms with E-state index in [1.54, 1.807) is 13.2 Å². The summed E-state index contributed by atoms with van der Waals surface area (Å²) in [5.74, 6) is 0.195. The van der Waals surface area contributed by atoms with Gasteiger partial charge in [-0.3, -0.25) is 14.2 Å². The van der Waals surface area contributed by atoms with Crippen molar-refractivity contribution < 1.29 is 38.6 Å². The zero-order chi connectivity index (χ0) is 23.5. The summed E-state index contributed by atoms with van der Waals surface area (Å²) in [5, 5.41) is 23.4. The Bertz CT molecular complexity index is 654. The Kier molecular flexibility index (Phi) is 10.1. The fourth-order valence-electron chi connectivity index (χ4n) is 4.37. The Morgan fingerprint density at radius 3 is 2.55 bits per heavy atom. The molecule has 2 rings (SSSR count). The number of likely N-dealkylation sites (N-methyl/N-ethyl adjacent to an activating group) is 1. The number of thioether (sulfide) groups is 1. The SMILES string of the molecule is CCC[C@@H]1C[C@H](C(=O)N[C@@H](C2OC(SC)C(OP(=O)(O)O)C(O)C2O)[C@H](C)Cl)N(C)C1. The molecule has 0 aliphatic carbocycles. The van der Waals surface area contributed by atoms with Crippen molar-refractivity contribution in [3.63, 3.8) is 0 Å². The molecule has 2 fully saturated rings. The van der Waals surface area contributed by atoms with Crippen LogP contribution in [0.25, 0.3) is 0 Å². The van der Waals surface area contributed by atoms with Crippen molar-refractivity contribution in [2.75, 3.05) is 19.8 Å². The van der Waals surface area contributed by atoms with Crippen molar-refractivity contribution in [3.8, 4) is 0 Å². The van der Waals surface area contributed by atoms with Crippen molar-refractivity contribution in [2.24, 2.45) is 5.92 Å². The van der Waals surface area contributed by atoms with Gasteiger partial charge in [-0.05, 0) is 39.0 Å². The maximum atomic E-state index is 13.0. The number of phosphoric ester groups is 1. The van der Waals surface area contributed by atoms with Crippen LogP contribution in [-0.4, -0.2) is 98.0 Å². The molecule has 9 atom stereocenters. The molecule has 31 heavy (non-hydrogen) atoms. The molecule has 0 aromatic carbocycles. The van der Waals surface area contributed by atoms with Crippen molar-refractivity contribution in [1.82, 2.24) is 10.2 Å². The summed E-state index contributed by atoms with van der Waals surface area (Å²) in [5.41, 5.74) is -0.992. The minimum Gasteiger partial charge on any atom is -0.388 e. The molecule has 182 valence electrons. The van der Waals surface area contributed by atoms with E-state index in [0.29, 0.717) is 5.92 Å². The molecule has 13 heteroatoms. The quantitative estimate of drug-likeness (QED) is 0.222. The van der Waals surface area contributed by atoms with Gasteiger partial charge in [0.25, 0.3) is 0 Å². The maximum absolute atomic E-state index is 13.0. The highest BCUT2D eigenvalue weighted by molar-refractivity contribution is 7.99. The van der Waals surface area contributed by atoms with Gasteiger partial charge >= 0.3 is 7.82 Å². The van der Waals surface area contributed by atoms with Gasteiger partial charge in [-0.1, -0.05) is 13.3 Å². The van der Waals surface area contributed by atoms with Crippen LogP contribution in [0.3, 0.4) is 0 Å². The first kappa shape index (κ1) is 27.3. The van der Waals surface area contributed by atoms with E-state index in [1.807, 2.05) is 11.9 Å². The number of ether oxygens (including phenoxy) is 1. The lowest BCUT2D eigenvalue weighted by Gasteiger charge is -2.45. The molecule has 1 amide bonds. The van der Waals surface area contributed by atoms with E-state index in [1.165, 1.54) is 0 Å². The van der Waals surface area contributed by atoms with Crippen molar-refractivity contribution in [2.45, 2.75) is 80.4 Å². The molecule has 2 saturated heterocycles. The number of aliphatic hydroxyl groups excluding tert-OH is 2. The number of alkyl halides is 1. The second-order valence-electron chi connectivity index (χ2n) is 8.30. The van der Waals surface area contributed by atoms with Gasteiger partial charge in [0.1, 0.15) is 29.9 Å². The number of halogens is 1. The Balaban J connectivity index is 2.15. The molecule has 5 unspecified atom stereocenters. The molecule has 0 aromatic heterocycles. The van der Waals surface area contributed by atoms with E-state index < -0.39 is 49.1 Å². The zero-order valence-electron chi connectivity index (χ0n) is 18.1. The minimum absolute atomic E-state index is 0.238. The van der Waals surface area contributed by atoms with Crippen LogP contribution in [0.2, 0.25) is 0 Å². The lowest BCUT2D eigenvalue weighted by Crippen LogP contribution is -2.65. The molecule has 10 nitrogen and oxygen atoms in total. The summed E-state index contributed by atoms with van der Waals surface area (Å²) in [6.45, 7) is 4.57. The fourth-order valence-corrected chi connectivity index (χ4v) is 5.93. The van der Waals surface area contributed by atoms with E-state index in [0.717, 1.165) is 37.6 Å². The highest BCUT2D eigenvalue weighted by atomic mass is 35.5. The normalized spacial score (nSPS) is 36.9. The lowest BCUT2D eigenvalue weighted by atomic mass is 9.92. The smallest absolute Gasteiger partial charge is 0.388 e. The largest absolute Gasteiger partial charge is 0.470 e. The molecule has 2 aliphatic heterocycles. The molecule has 2 aliphatic rings. The lowest BCUT2D eigenvalue weighted by molar-refractivity contribution is -0.201. The van der Waals surface area contributed by atoms with Gasteiger partial charge in [-0.25, -0.2) is 4.57 Å². The van der Waals surface area contributed by atoms with E-state index in [2.05, 4.69) is 16.8 Å². The van der Waals surface area contributed by atoms with Crippen LogP contribution in [0.4, 0.5) is 0 Å². The van der Waals surface area contributed by atoms with Gasteiger partial charge < -0.3 is 30.1 Å². The number of aliphatic hydroxyl groups is 2. The summed E-state index contributed by atoms with van der Waals surface area (Å²) < 4.78 is 21.7. The topological polar surface area (TPSA) is 149 Å². The van der Waals surface area contributed by atoms with Crippen LogP contribution < -0.4 is 5.32 Å². The number of phosphoric acid groups is 1. The molecule has 2 heterocycles. The minimum atomic E-state index is -4.93. The Morgan fingerprint density at radius 2 is 2.03 bits per heavy atom. The van der Waals surface area contributed by atoms with Gasteiger partial charge in [-0.15, -0.1) is 23.4 Å². The molecule has 5 N–H and O–H groups in total. The molecule has 0 saturated carbocycles. The molecule has 0 bridgehead atoms. The third kappa shape index (κ3) is 7.02. The maximum Gasteiger partial charge on any atom is 0.470 e. The van der Waals surface area contributed by atoms with Gasteiger partial charge in [0.05, 0.1) is 17.5 Å². The number of carbonyl (C=O) groups excluding carboxylic acids is 1. The number of carbonyl (C=O) groups is 1. The first-order valence-electron chi connectivity index (χ1n) is 10.3. The highest BCUT2D eigenvalue weighted by Gasteiger charge is 2.51. The van der Waals surface area contributed by atoms with Crippen LogP contribution in [-0.2, 0) is 18.6 Å². The number of nitrogens with zero attached hydrogens (tertiary/aromatic N) is 1. The predicted octanol–water partition coefficient (Wildman–Crippen LogP) is 0.506. The zero-order valence-corrected chi connectivity index (χ0v) is 20.6. The third-order valence-electron chi connectivity index (χ3n) is 5.87. The first-order valence-corrected chi connectivity index (χ1v) is 13.6. The Hall–Kier alpha value is 0.0600. The molecular formula is C18H34ClN2O8PS. The monoisotopic (exact) mass is 504 g/mol. The number of nitrogens with one attached hydrogen (secondary N) is 1. The standard InChI is InChI=1S/C18H34ClN2O8PS/c1-5-6-10-7-11(21(3)8-10)17(24)20-12(9(2)19)15-13(22)14(23)16(18(28-15)31-4)29-30(25,26)27/h9-16,18,22-23H,5-8H2,1-4H3,(H,20,24)(H2,25,26,27)/t9-,10+,11+,12+,13?,14?,15?,16?,18?/m0/s1. The van der Waals surface area contributed by atoms with Gasteiger partial charge in [-0.2, -0.15) is 0 Å². The second kappa shape index (κ2) is 11.5. The van der Waals surface area contributed by atoms with E-state index in [4.69, 9.17) is 26.1 Å². The summed E-state index contributed by atoms with van der Waals surface area (Å²) in [7, 11) is -3.04. The summed E-state index contributed by atoms with van der Waals surface area (Å²) in [6, 6.07) is -1.18. The van der Waals surface area contributed by atoms with Crippen molar-refractivity contribution in [1.29, 1.82) is 0 Å². The number of hydrogen-bond donors (Lipinski definition) is 5. The van der Waals surface area contributed by atoms with Crippen LogP contribution in [0.5, 0.6) is 0 Å². The summed E-state index contributed by atoms with van der Waals surface area (Å²) in [6.07, 6.45) is -1.37. The average Bonchev–Trinajstić information content (AvgIpc) is 3.03. The van der Waals surface area contributed by atoms with Crippen LogP contribution in [0.15, 0.2) is 0 Å². The Morgan fingerprint density at radius 1 is 1.39 bits per heavy atom. The first-order chi connectivity index (χ1) is 14.4. The predicted molar refractivity (Wildman–Crippen MR) is 118 cm³/mol. The van der Waals surface area contributed by atoms with E-state index in [-0.39, 0.29) is 11.9 Å². The van der Waals surface area contributed by atoms with E-state index >= 15 is 0 Å². The molecule has 0 radical (unpaired) electrons. The third-order valence-corrected chi connectivity index (χ3v) is 7.50. The van der Waals surface area contributed by atoms with Gasteiger partial charge in [0.2, 0.25) is 5.91 Å². The van der Waals surface area contributed by atoms with E-state index in [9.17, 15) is 19.6 Å². The van der Waals surface area contributed by atoms with Crippen molar-refractivity contribution in [3.05, 3.63) is 0 Å². The van der Waals surface area contributed by atoms with Crippen molar-refractivity contribution >= 4 is 37.1 Å². The molecule has 0 spiro atoms. The number of rotatable bonds is 9. The average molecular weight is 505 g/mol. The second-order valence-corrected chi connectivity index (χ2v) is 11.1. The number of likely N-dealkylation sites (tertiary alicyclic amines) is 1. The molecule has 0 aromatic rings. The number of hydrogen-bond acceptors (Lipinski definition) is 8.